The number of Topliss-reactive ketones (excluding diaryl/α,β-unsaturated/α-hetero) is 1. The monoisotopic (exact) mass is 1480 g/mol. The first-order valence-corrected chi connectivity index (χ1v) is 37.7. The Bertz CT molecular complexity index is 3970. The number of hydrogen-bond donors (Lipinski definition) is 4. The number of aliphatic hydroxyl groups excluding tert-OH is 1. The second-order valence-corrected chi connectivity index (χ2v) is 33.4. The molecule has 1 fully saturated rings. The van der Waals surface area contributed by atoms with E-state index in [2.05, 4.69) is 15.6 Å². The molecule has 5 N–H and O–H groups in total. The molecule has 3 aliphatic rings. The number of ketones is 2. The number of rotatable bonds is 33. The number of esters is 2. The van der Waals surface area contributed by atoms with Crippen LogP contribution in [0.15, 0.2) is 103 Å². The van der Waals surface area contributed by atoms with Crippen molar-refractivity contribution in [2.45, 2.75) is 209 Å². The molecule has 1 saturated heterocycles. The summed E-state index contributed by atoms with van der Waals surface area (Å²) in [7, 11) is -5.61. The van der Waals surface area contributed by atoms with E-state index in [9.17, 15) is 52.8 Å². The predicted octanol–water partition coefficient (Wildman–Crippen LogP) is 12.3. The Hall–Kier alpha value is -8.19. The number of aliphatic hydroxyl groups is 1. The number of ether oxygens (including phenoxy) is 3. The molecule has 26 heteroatoms. The molecule has 4 heterocycles. The minimum atomic E-state index is -5.61. The summed E-state index contributed by atoms with van der Waals surface area (Å²) in [6, 6.07) is 23.1. The Morgan fingerprint density at radius 1 is 0.798 bits per heavy atom. The van der Waals surface area contributed by atoms with Gasteiger partial charge in [-0.05, 0) is 157 Å². The maximum Gasteiger partial charge on any atom is 0.410 e. The van der Waals surface area contributed by atoms with Gasteiger partial charge in [0.1, 0.15) is 17.9 Å². The number of carbonyl (C=O) groups is 9. The van der Waals surface area contributed by atoms with Crippen LogP contribution >= 0.6 is 18.9 Å². The van der Waals surface area contributed by atoms with Gasteiger partial charge in [0.25, 0.3) is 0 Å². The van der Waals surface area contributed by atoms with Crippen LogP contribution in [0.1, 0.15) is 179 Å². The predicted molar refractivity (Wildman–Crippen MR) is 389 cm³/mol. The molecular weight excluding hydrogens is 1380 g/mol. The second-order valence-electron chi connectivity index (χ2n) is 30.5. The largest absolute Gasteiger partial charge is 0.438 e. The van der Waals surface area contributed by atoms with E-state index in [1.165, 1.54) is 69.6 Å². The fraction of sp³-hybridized carbons (Fsp3) is 0.513. The number of carbonyl (C=O) groups excluding carboxylic acids is 9. The lowest BCUT2D eigenvalue weighted by Crippen LogP contribution is -2.54. The van der Waals surface area contributed by atoms with Crippen molar-refractivity contribution in [3.8, 4) is 10.4 Å². The molecule has 1 aromatic heterocycles. The number of nitrogens with one attached hydrogen (secondary N) is 2. The van der Waals surface area contributed by atoms with Gasteiger partial charge in [-0.3, -0.25) is 61.7 Å². The summed E-state index contributed by atoms with van der Waals surface area (Å²) in [5, 5.41) is 16.8. The van der Waals surface area contributed by atoms with Gasteiger partial charge in [-0.1, -0.05) is 112 Å². The van der Waals surface area contributed by atoms with Crippen molar-refractivity contribution in [1.29, 1.82) is 0 Å². The van der Waals surface area contributed by atoms with E-state index >= 15 is 8.78 Å². The summed E-state index contributed by atoms with van der Waals surface area (Å²) in [5.74, 6) is -5.95. The van der Waals surface area contributed by atoms with Crippen molar-refractivity contribution in [2.75, 3.05) is 25.0 Å². The molecule has 0 unspecified atom stereocenters. The number of benzene rings is 4. The molecule has 22 nitrogen and oxygen atoms in total. The molecule has 7 atom stereocenters. The number of thiazole rings is 1. The highest BCUT2D eigenvalue weighted by Gasteiger charge is 2.56. The van der Waals surface area contributed by atoms with Gasteiger partial charge in [0.15, 0.2) is 5.78 Å². The minimum Gasteiger partial charge on any atom is -0.438 e. The Kier molecular flexibility index (Phi) is 27.3. The summed E-state index contributed by atoms with van der Waals surface area (Å²) in [5.41, 5.74) is 7.12. The number of likely N-dealkylation sites (tertiary alicyclic amines) is 1. The van der Waals surface area contributed by atoms with Crippen LogP contribution in [-0.4, -0.2) is 118 Å². The molecule has 4 aromatic carbocycles. The molecule has 0 saturated carbocycles. The van der Waals surface area contributed by atoms with Gasteiger partial charge in [0.2, 0.25) is 43.1 Å². The molecular formula is C78H99F2N6O16PS. The van der Waals surface area contributed by atoms with Gasteiger partial charge >= 0.3 is 25.2 Å². The first-order valence-electron chi connectivity index (χ1n) is 35.3. The topological polar surface area (TPSA) is 307 Å². The molecule has 562 valence electrons. The van der Waals surface area contributed by atoms with Crippen molar-refractivity contribution in [2.24, 2.45) is 33.8 Å². The lowest BCUT2D eigenvalue weighted by molar-refractivity contribution is -0.163. The maximum atomic E-state index is 16.3. The van der Waals surface area contributed by atoms with Crippen molar-refractivity contribution >= 4 is 83.2 Å². The van der Waals surface area contributed by atoms with Gasteiger partial charge in [-0.25, -0.2) is 4.98 Å². The van der Waals surface area contributed by atoms with Crippen LogP contribution in [0.4, 0.5) is 14.5 Å². The first-order chi connectivity index (χ1) is 48.8. The van der Waals surface area contributed by atoms with E-state index in [1.54, 1.807) is 30.7 Å². The highest BCUT2D eigenvalue weighted by molar-refractivity contribution is 7.54. The number of anilines is 1. The number of β-amino-alcohol motifs (C(OH)–C–C–N with tert-alkyl or cyclic N) is 1. The van der Waals surface area contributed by atoms with Crippen LogP contribution in [0, 0.1) is 35.0 Å². The smallest absolute Gasteiger partial charge is 0.410 e. The number of nitrogens with two attached hydrogens (primary N) is 1. The number of allylic oxidation sites excluding steroid dienone is 2. The highest BCUT2D eigenvalue weighted by Crippen LogP contribution is 2.67. The number of nitrogens with zero attached hydrogens (tertiary/aromatic N) is 3. The average molecular weight is 1480 g/mol. The van der Waals surface area contributed by atoms with E-state index in [-0.39, 0.29) is 88.7 Å². The number of hydrogen-bond acceptors (Lipinski definition) is 18. The van der Waals surface area contributed by atoms with Crippen molar-refractivity contribution in [3.63, 3.8) is 0 Å². The Labute approximate surface area is 611 Å². The number of amides is 5. The summed E-state index contributed by atoms with van der Waals surface area (Å²) in [4.78, 5) is 130. The molecule has 104 heavy (non-hydrogen) atoms. The highest BCUT2D eigenvalue weighted by atomic mass is 32.1. The van der Waals surface area contributed by atoms with Crippen LogP contribution in [0.2, 0.25) is 0 Å². The van der Waals surface area contributed by atoms with E-state index < -0.39 is 126 Å². The van der Waals surface area contributed by atoms with E-state index in [0.717, 1.165) is 56.1 Å². The molecule has 0 aliphatic carbocycles. The first kappa shape index (κ1) is 81.5. The number of aryl methyl sites for hydroxylation is 3. The third-order valence-electron chi connectivity index (χ3n) is 19.1. The summed E-state index contributed by atoms with van der Waals surface area (Å²) in [6.07, 6.45) is 2.82. The fourth-order valence-corrected chi connectivity index (χ4v) is 14.9. The van der Waals surface area contributed by atoms with Gasteiger partial charge in [0.05, 0.1) is 57.5 Å². The van der Waals surface area contributed by atoms with Crippen LogP contribution in [0.25, 0.3) is 16.0 Å². The van der Waals surface area contributed by atoms with Crippen LogP contribution in [0.3, 0.4) is 0 Å². The fourth-order valence-electron chi connectivity index (χ4n) is 12.8. The minimum absolute atomic E-state index is 0.000260. The third-order valence-corrected chi connectivity index (χ3v) is 21.9. The standard InChI is InChI=1S/C78H99F2N6O16PS/c1-47(53-30-32-58(33-31-53)78(79,80)103(97,101-45-99-73(95)76(7,8)9)102-46-100-74(96)77(10,11)12)36-60(88)37-57-29-28-54-17-15-18-56-38-65(86(67(54)56)71(57)93)70(92)84-63(34-35-66(81)90)49(3)98-43-52-22-20-50(21-23-52)16-13-14-19-59(87)39-62(75(4,5)6)72(94)85-42-61(89)40-64(85)69(91)82-41-51-24-26-55(27-25-51)68-48(2)83-44-104-68/h15,17-18,20-27,30-33,36,44,49,57,61-65,89H,13-14,16,19,28-29,34-35,37-43,45-46H2,1-12H3,(H2,81,90)(H,82,91)(H,84,92)/b47-36+/t49-,57-,61+,62-,63+,64+,65+/m1/s1. The van der Waals surface area contributed by atoms with Gasteiger partial charge < -0.3 is 40.6 Å². The molecule has 0 spiro atoms. The van der Waals surface area contributed by atoms with Crippen molar-refractivity contribution in [3.05, 3.63) is 147 Å². The zero-order chi connectivity index (χ0) is 76.2. The van der Waals surface area contributed by atoms with Crippen LogP contribution < -0.4 is 21.3 Å². The summed E-state index contributed by atoms with van der Waals surface area (Å²) >= 11 is 1.56. The van der Waals surface area contributed by atoms with E-state index in [1.807, 2.05) is 94.4 Å². The molecule has 0 bridgehead atoms. The number of alkyl halides is 2. The Morgan fingerprint density at radius 3 is 2.01 bits per heavy atom. The second kappa shape index (κ2) is 34.8. The number of unbranched alkanes of at least 4 members (excludes halogenated alkanes) is 1. The van der Waals surface area contributed by atoms with Crippen molar-refractivity contribution in [1.82, 2.24) is 20.5 Å². The number of para-hydroxylation sites is 1. The summed E-state index contributed by atoms with van der Waals surface area (Å²) < 4.78 is 72.8. The van der Waals surface area contributed by atoms with Gasteiger partial charge in [-0.15, -0.1) is 11.3 Å². The lowest BCUT2D eigenvalue weighted by Gasteiger charge is -2.34. The summed E-state index contributed by atoms with van der Waals surface area (Å²) in [6.45, 7) is 18.2. The van der Waals surface area contributed by atoms with Crippen LogP contribution in [0.5, 0.6) is 0 Å². The SMILES string of the molecule is C/C(=C\C(=O)C[C@H]1CCc2cccc3c2N(C1=O)[C@H](C(=O)N[C@@H](CCC(N)=O)[C@@H](C)OCc1ccc(CCCCC(=O)C[C@H](C(=O)N2C[C@@H](O)C[C@H]2C(=O)NCc2ccc(-c4scnc4C)cc2)C(C)(C)C)cc1)C3)c1ccc(C(F)(F)P(=O)(OCOC(=O)C(C)(C)C)OCOC(=O)C(C)(C)C)cc1. The van der Waals surface area contributed by atoms with E-state index in [0.29, 0.717) is 42.5 Å². The Balaban J connectivity index is 0.827. The molecule has 0 radical (unpaired) electrons. The normalized spacial score (nSPS) is 18.1. The van der Waals surface area contributed by atoms with Gasteiger partial charge in [-0.2, -0.15) is 8.78 Å². The third kappa shape index (κ3) is 21.1. The quantitative estimate of drug-likeness (QED) is 0.00997. The lowest BCUT2D eigenvalue weighted by atomic mass is 9.76. The van der Waals surface area contributed by atoms with Crippen molar-refractivity contribution < 1.29 is 84.9 Å². The maximum absolute atomic E-state index is 16.3. The number of aromatic nitrogens is 1. The molecule has 5 amide bonds. The average Bonchev–Trinajstić information content (AvgIpc) is 1.63. The number of halogens is 2. The zero-order valence-electron chi connectivity index (χ0n) is 61.5. The zero-order valence-corrected chi connectivity index (χ0v) is 63.2. The Morgan fingerprint density at radius 2 is 1.41 bits per heavy atom. The molecule has 8 rings (SSSR count). The molecule has 5 aromatic rings. The molecule has 3 aliphatic heterocycles. The van der Waals surface area contributed by atoms with Gasteiger partial charge in [0, 0.05) is 69.0 Å². The van der Waals surface area contributed by atoms with Crippen LogP contribution in [-0.2, 0) is 109 Å². The number of primary amides is 1. The van der Waals surface area contributed by atoms with E-state index in [4.69, 9.17) is 29.0 Å².